The minimum Gasteiger partial charge on any atom is -0.497 e. The van der Waals surface area contributed by atoms with Crippen LogP contribution in [0.25, 0.3) is 0 Å². The third-order valence-corrected chi connectivity index (χ3v) is 4.79. The molecule has 2 fully saturated rings. The fourth-order valence-electron chi connectivity index (χ4n) is 3.40. The van der Waals surface area contributed by atoms with Gasteiger partial charge >= 0.3 is 6.03 Å². The van der Waals surface area contributed by atoms with E-state index >= 15 is 0 Å². The zero-order valence-corrected chi connectivity index (χ0v) is 14.1. The third-order valence-electron chi connectivity index (χ3n) is 4.54. The molecule has 24 heavy (non-hydrogen) atoms. The maximum atomic E-state index is 12.9. The van der Waals surface area contributed by atoms with Crippen LogP contribution in [0.2, 0.25) is 5.02 Å². The maximum Gasteiger partial charge on any atom is 0.340 e. The van der Waals surface area contributed by atoms with Crippen LogP contribution < -0.4 is 9.64 Å². The van der Waals surface area contributed by atoms with Gasteiger partial charge < -0.3 is 4.74 Å². The van der Waals surface area contributed by atoms with Crippen molar-refractivity contribution in [1.29, 1.82) is 0 Å². The summed E-state index contributed by atoms with van der Waals surface area (Å²) in [6.45, 7) is 1.63. The molecule has 0 saturated carbocycles. The van der Waals surface area contributed by atoms with Gasteiger partial charge in [0.25, 0.3) is 0 Å². The van der Waals surface area contributed by atoms with Crippen LogP contribution >= 0.6 is 11.6 Å². The molecule has 2 aliphatic rings. The molecule has 4 rings (SSSR count). The molecule has 0 unspecified atom stereocenters. The number of hydrogen-bond donors (Lipinski definition) is 0. The van der Waals surface area contributed by atoms with Crippen LogP contribution in [0.15, 0.2) is 48.5 Å². The summed E-state index contributed by atoms with van der Waals surface area (Å²) in [5.41, 5.74) is 1.91. The van der Waals surface area contributed by atoms with E-state index in [0.29, 0.717) is 5.02 Å². The molecule has 0 bridgehead atoms. The van der Waals surface area contributed by atoms with Crippen LogP contribution in [0.3, 0.4) is 0 Å². The lowest BCUT2D eigenvalue weighted by atomic mass is 10.1. The van der Waals surface area contributed by atoms with Crippen molar-refractivity contribution in [3.63, 3.8) is 0 Å². The normalized spacial score (nSPS) is 20.6. The molecule has 0 spiro atoms. The summed E-state index contributed by atoms with van der Waals surface area (Å²) in [5, 5.41) is 4.63. The summed E-state index contributed by atoms with van der Waals surface area (Å²) < 4.78 is 5.25. The van der Waals surface area contributed by atoms with E-state index in [-0.39, 0.29) is 12.2 Å². The third kappa shape index (κ3) is 2.41. The molecule has 2 saturated heterocycles. The van der Waals surface area contributed by atoms with Crippen LogP contribution in [0.5, 0.6) is 5.75 Å². The minimum absolute atomic E-state index is 0.00985. The molecular weight excluding hydrogens is 326 g/mol. The van der Waals surface area contributed by atoms with E-state index in [9.17, 15) is 4.79 Å². The van der Waals surface area contributed by atoms with Crippen LogP contribution in [-0.4, -0.2) is 36.2 Å². The number of carbonyl (C=O) groups is 1. The summed E-state index contributed by atoms with van der Waals surface area (Å²) in [6, 6.07) is 15.3. The molecule has 2 aromatic carbocycles. The van der Waals surface area contributed by atoms with Crippen molar-refractivity contribution in [2.24, 2.45) is 0 Å². The van der Waals surface area contributed by atoms with E-state index in [4.69, 9.17) is 16.3 Å². The van der Waals surface area contributed by atoms with Crippen molar-refractivity contribution in [3.05, 3.63) is 59.1 Å². The van der Waals surface area contributed by atoms with Gasteiger partial charge in [-0.2, -0.15) is 5.01 Å². The van der Waals surface area contributed by atoms with E-state index in [0.717, 1.165) is 36.5 Å². The van der Waals surface area contributed by atoms with E-state index in [2.05, 4.69) is 5.01 Å². The molecule has 5 nitrogen and oxygen atoms in total. The van der Waals surface area contributed by atoms with Crippen molar-refractivity contribution < 1.29 is 9.53 Å². The molecule has 2 amide bonds. The first-order chi connectivity index (χ1) is 11.7. The predicted molar refractivity (Wildman–Crippen MR) is 93.1 cm³/mol. The van der Waals surface area contributed by atoms with E-state index in [1.165, 1.54) is 0 Å². The van der Waals surface area contributed by atoms with Crippen molar-refractivity contribution in [1.82, 2.24) is 10.0 Å². The highest BCUT2D eigenvalue weighted by Gasteiger charge is 2.47. The Morgan fingerprint density at radius 1 is 1.04 bits per heavy atom. The van der Waals surface area contributed by atoms with Crippen LogP contribution in [0, 0.1) is 0 Å². The summed E-state index contributed by atoms with van der Waals surface area (Å²) in [6.07, 6.45) is 0.847. The SMILES string of the molecule is COc1ccc([C@@H]2N(c3ccc(Cl)cc3)C(=O)N3CCCN23)cc1. The second-order valence-electron chi connectivity index (χ2n) is 5.92. The number of halogens is 1. The van der Waals surface area contributed by atoms with Crippen molar-refractivity contribution in [3.8, 4) is 5.75 Å². The Balaban J connectivity index is 1.76. The number of benzene rings is 2. The number of urea groups is 1. The second kappa shape index (κ2) is 6.00. The van der Waals surface area contributed by atoms with Crippen molar-refractivity contribution in [2.45, 2.75) is 12.6 Å². The number of rotatable bonds is 3. The lowest BCUT2D eigenvalue weighted by Crippen LogP contribution is -2.32. The number of carbonyl (C=O) groups excluding carboxylic acids is 1. The number of hydrogen-bond acceptors (Lipinski definition) is 3. The first-order valence-electron chi connectivity index (χ1n) is 7.96. The largest absolute Gasteiger partial charge is 0.497 e. The van der Waals surface area contributed by atoms with Crippen LogP contribution in [-0.2, 0) is 0 Å². The molecule has 2 aliphatic heterocycles. The zero-order chi connectivity index (χ0) is 16.7. The number of hydrazine groups is 1. The smallest absolute Gasteiger partial charge is 0.340 e. The number of anilines is 1. The lowest BCUT2D eigenvalue weighted by molar-refractivity contribution is 0.0727. The van der Waals surface area contributed by atoms with Gasteiger partial charge in [-0.05, 0) is 48.4 Å². The highest BCUT2D eigenvalue weighted by atomic mass is 35.5. The number of nitrogens with zero attached hydrogens (tertiary/aromatic N) is 3. The zero-order valence-electron chi connectivity index (χ0n) is 13.4. The summed E-state index contributed by atoms with van der Waals surface area (Å²) in [4.78, 5) is 14.8. The van der Waals surface area contributed by atoms with Gasteiger partial charge in [-0.3, -0.25) is 9.91 Å². The van der Waals surface area contributed by atoms with Crippen molar-refractivity contribution >= 4 is 23.3 Å². The lowest BCUT2D eigenvalue weighted by Gasteiger charge is -2.28. The molecule has 0 N–H and O–H groups in total. The highest BCUT2D eigenvalue weighted by molar-refractivity contribution is 6.30. The van der Waals surface area contributed by atoms with Gasteiger partial charge in [-0.15, -0.1) is 0 Å². The first-order valence-corrected chi connectivity index (χ1v) is 8.33. The topological polar surface area (TPSA) is 36.0 Å². The van der Waals surface area contributed by atoms with Gasteiger partial charge in [0, 0.05) is 23.8 Å². The van der Waals surface area contributed by atoms with E-state index in [1.54, 1.807) is 7.11 Å². The maximum absolute atomic E-state index is 12.9. The molecular formula is C18H18ClN3O2. The Morgan fingerprint density at radius 2 is 1.75 bits per heavy atom. The van der Waals surface area contributed by atoms with Gasteiger partial charge in [0.05, 0.1) is 7.11 Å². The Labute approximate surface area is 145 Å². The number of fused-ring (bicyclic) bond motifs is 1. The monoisotopic (exact) mass is 343 g/mol. The Bertz CT molecular complexity index is 748. The molecule has 124 valence electrons. The van der Waals surface area contributed by atoms with E-state index < -0.39 is 0 Å². The number of amides is 2. The fourth-order valence-corrected chi connectivity index (χ4v) is 3.53. The van der Waals surface area contributed by atoms with Gasteiger partial charge in [-0.25, -0.2) is 4.79 Å². The van der Waals surface area contributed by atoms with Gasteiger partial charge in [0.1, 0.15) is 11.9 Å². The van der Waals surface area contributed by atoms with Gasteiger partial charge in [0.15, 0.2) is 0 Å². The van der Waals surface area contributed by atoms with E-state index in [1.807, 2.05) is 58.4 Å². The second-order valence-corrected chi connectivity index (χ2v) is 6.35. The first kappa shape index (κ1) is 15.3. The molecule has 0 aromatic heterocycles. The molecule has 1 atom stereocenters. The molecule has 2 heterocycles. The summed E-state index contributed by atoms with van der Waals surface area (Å²) >= 11 is 6.00. The number of methoxy groups -OCH3 is 1. The molecule has 0 radical (unpaired) electrons. The van der Waals surface area contributed by atoms with Crippen molar-refractivity contribution in [2.75, 3.05) is 25.1 Å². The van der Waals surface area contributed by atoms with Gasteiger partial charge in [0.2, 0.25) is 0 Å². The predicted octanol–water partition coefficient (Wildman–Crippen LogP) is 3.91. The standard InChI is InChI=1S/C18H18ClN3O2/c1-24-16-9-3-13(4-10-16)17-20-11-2-12-21(20)18(23)22(17)15-7-5-14(19)6-8-15/h3-10,17H,2,11-12H2,1H3/t17-/m0/s1. The molecule has 2 aromatic rings. The van der Waals surface area contributed by atoms with Crippen LogP contribution in [0.1, 0.15) is 18.2 Å². The Hall–Kier alpha value is -2.24. The highest BCUT2D eigenvalue weighted by Crippen LogP contribution is 2.40. The summed E-state index contributed by atoms with van der Waals surface area (Å²) in [7, 11) is 1.65. The van der Waals surface area contributed by atoms with Gasteiger partial charge in [-0.1, -0.05) is 23.7 Å². The fraction of sp³-hybridized carbons (Fsp3) is 0.278. The minimum atomic E-state index is -0.146. The Kier molecular flexibility index (Phi) is 3.82. The quantitative estimate of drug-likeness (QED) is 0.847. The summed E-state index contributed by atoms with van der Waals surface area (Å²) in [5.74, 6) is 0.805. The molecule has 0 aliphatic carbocycles. The average Bonchev–Trinajstić information content (AvgIpc) is 3.18. The molecule has 6 heteroatoms. The number of ether oxygens (including phenoxy) is 1. The van der Waals surface area contributed by atoms with Crippen LogP contribution in [0.4, 0.5) is 10.5 Å². The Morgan fingerprint density at radius 3 is 2.42 bits per heavy atom. The average molecular weight is 344 g/mol.